The summed E-state index contributed by atoms with van der Waals surface area (Å²) in [6, 6.07) is 2.60. The monoisotopic (exact) mass is 341 g/mol. The first kappa shape index (κ1) is 19.2. The van der Waals surface area contributed by atoms with Gasteiger partial charge in [0.25, 0.3) is 0 Å². The molecule has 0 atom stereocenters. The lowest BCUT2D eigenvalue weighted by Gasteiger charge is -2.07. The maximum atomic E-state index is 13.6. The number of halogens is 2. The van der Waals surface area contributed by atoms with Crippen LogP contribution in [-0.4, -0.2) is 57.9 Å². The van der Waals surface area contributed by atoms with Gasteiger partial charge in [0, 0.05) is 25.1 Å². The van der Waals surface area contributed by atoms with Gasteiger partial charge >= 0.3 is 11.9 Å². The third-order valence-corrected chi connectivity index (χ3v) is 2.86. The number of likely N-dealkylation sites (N-methyl/N-ethyl adjacent to an activating group) is 1. The zero-order valence-electron chi connectivity index (χ0n) is 13.1. The first-order chi connectivity index (χ1) is 11.2. The van der Waals surface area contributed by atoms with Crippen LogP contribution in [0.15, 0.2) is 24.3 Å². The van der Waals surface area contributed by atoms with Crippen molar-refractivity contribution < 1.29 is 28.6 Å². The number of aliphatic carboxylic acids is 2. The molecule has 0 aliphatic carbocycles. The predicted molar refractivity (Wildman–Crippen MR) is 82.7 cm³/mol. The third-order valence-electron chi connectivity index (χ3n) is 2.86. The summed E-state index contributed by atoms with van der Waals surface area (Å²) in [6.45, 7) is 0.746. The Morgan fingerprint density at radius 1 is 1.21 bits per heavy atom. The molecule has 7 nitrogen and oxygen atoms in total. The molecule has 0 saturated carbocycles. The number of hydrogen-bond acceptors (Lipinski definition) is 4. The van der Waals surface area contributed by atoms with Crippen molar-refractivity contribution >= 4 is 22.8 Å². The average molecular weight is 341 g/mol. The number of nitrogens with one attached hydrogen (secondary N) is 1. The van der Waals surface area contributed by atoms with Crippen molar-refractivity contribution in [3.05, 3.63) is 41.6 Å². The van der Waals surface area contributed by atoms with E-state index in [1.165, 1.54) is 6.07 Å². The Labute approximate surface area is 136 Å². The molecule has 0 amide bonds. The smallest absolute Gasteiger partial charge is 0.328 e. The standard InChI is InChI=1S/C11H13F2N3.C4H4O4/c1-16(2)6-5-9-10-8(14-15-9)4-3-7(12)11(10)13;5-3(6)1-2-4(7)8/h3-4H,5-6H2,1-2H3,(H,14,15);1-2H,(H,5,6)(H,7,8)/b;2-1+. The minimum absolute atomic E-state index is 0.266. The van der Waals surface area contributed by atoms with Crippen LogP contribution in [0.4, 0.5) is 8.78 Å². The molecule has 1 heterocycles. The quantitative estimate of drug-likeness (QED) is 0.714. The largest absolute Gasteiger partial charge is 0.478 e. The lowest BCUT2D eigenvalue weighted by atomic mass is 10.1. The summed E-state index contributed by atoms with van der Waals surface area (Å²) >= 11 is 0. The second-order valence-electron chi connectivity index (χ2n) is 5.02. The molecule has 24 heavy (non-hydrogen) atoms. The van der Waals surface area contributed by atoms with Gasteiger partial charge in [0.05, 0.1) is 16.6 Å². The molecule has 9 heteroatoms. The number of carbonyl (C=O) groups is 2. The molecule has 0 radical (unpaired) electrons. The van der Waals surface area contributed by atoms with E-state index < -0.39 is 23.6 Å². The van der Waals surface area contributed by atoms with E-state index in [2.05, 4.69) is 10.2 Å². The summed E-state index contributed by atoms with van der Waals surface area (Å²) in [4.78, 5) is 21.1. The van der Waals surface area contributed by atoms with Crippen LogP contribution < -0.4 is 0 Å². The highest BCUT2D eigenvalue weighted by Gasteiger charge is 2.14. The maximum absolute atomic E-state index is 13.6. The van der Waals surface area contributed by atoms with E-state index in [-0.39, 0.29) is 5.39 Å². The number of H-pyrrole nitrogens is 1. The van der Waals surface area contributed by atoms with Crippen molar-refractivity contribution in [2.45, 2.75) is 6.42 Å². The summed E-state index contributed by atoms with van der Waals surface area (Å²) in [6.07, 6.45) is 1.71. The molecule has 0 unspecified atom stereocenters. The molecule has 1 aromatic heterocycles. The summed E-state index contributed by atoms with van der Waals surface area (Å²) in [5.41, 5.74) is 1.10. The van der Waals surface area contributed by atoms with Gasteiger partial charge in [0.2, 0.25) is 0 Å². The molecule has 0 aliphatic rings. The van der Waals surface area contributed by atoms with Crippen molar-refractivity contribution in [2.75, 3.05) is 20.6 Å². The lowest BCUT2D eigenvalue weighted by molar-refractivity contribution is -0.134. The molecule has 2 rings (SSSR count). The van der Waals surface area contributed by atoms with Gasteiger partial charge in [-0.3, -0.25) is 5.10 Å². The Morgan fingerprint density at radius 2 is 1.79 bits per heavy atom. The first-order valence-corrected chi connectivity index (χ1v) is 6.82. The van der Waals surface area contributed by atoms with Crippen molar-refractivity contribution in [3.8, 4) is 0 Å². The Morgan fingerprint density at radius 3 is 2.29 bits per heavy atom. The van der Waals surface area contributed by atoms with E-state index in [4.69, 9.17) is 10.2 Å². The lowest BCUT2D eigenvalue weighted by Crippen LogP contribution is -2.15. The highest BCUT2D eigenvalue weighted by Crippen LogP contribution is 2.22. The molecule has 0 spiro atoms. The van der Waals surface area contributed by atoms with Crippen LogP contribution in [0.1, 0.15) is 5.69 Å². The van der Waals surface area contributed by atoms with E-state index in [9.17, 15) is 18.4 Å². The van der Waals surface area contributed by atoms with Crippen molar-refractivity contribution in [1.29, 1.82) is 0 Å². The predicted octanol–water partition coefficient (Wildman–Crippen LogP) is 1.66. The average Bonchev–Trinajstić information content (AvgIpc) is 2.91. The fraction of sp³-hybridized carbons (Fsp3) is 0.267. The maximum Gasteiger partial charge on any atom is 0.328 e. The topological polar surface area (TPSA) is 107 Å². The van der Waals surface area contributed by atoms with Gasteiger partial charge in [-0.05, 0) is 26.2 Å². The van der Waals surface area contributed by atoms with Crippen LogP contribution in [0.5, 0.6) is 0 Å². The van der Waals surface area contributed by atoms with Gasteiger partial charge in [0.1, 0.15) is 0 Å². The highest BCUT2D eigenvalue weighted by molar-refractivity contribution is 5.89. The zero-order chi connectivity index (χ0) is 18.3. The summed E-state index contributed by atoms with van der Waals surface area (Å²) in [5.74, 6) is -4.17. The molecule has 0 saturated heterocycles. The van der Waals surface area contributed by atoms with E-state index in [0.29, 0.717) is 29.8 Å². The molecular formula is C15H17F2N3O4. The molecule has 130 valence electrons. The summed E-state index contributed by atoms with van der Waals surface area (Å²) < 4.78 is 26.6. The van der Waals surface area contributed by atoms with Crippen LogP contribution in [0.25, 0.3) is 10.9 Å². The minimum Gasteiger partial charge on any atom is -0.478 e. The van der Waals surface area contributed by atoms with Gasteiger partial charge in [-0.2, -0.15) is 5.10 Å². The number of aromatic nitrogens is 2. The molecule has 0 aliphatic heterocycles. The molecule has 3 N–H and O–H groups in total. The molecule has 0 bridgehead atoms. The number of carboxylic acids is 2. The molecular weight excluding hydrogens is 324 g/mol. The number of nitrogens with zero attached hydrogens (tertiary/aromatic N) is 2. The number of aromatic amines is 1. The van der Waals surface area contributed by atoms with Crippen LogP contribution in [-0.2, 0) is 16.0 Å². The van der Waals surface area contributed by atoms with Crippen LogP contribution in [0.2, 0.25) is 0 Å². The second-order valence-corrected chi connectivity index (χ2v) is 5.02. The van der Waals surface area contributed by atoms with Crippen molar-refractivity contribution in [3.63, 3.8) is 0 Å². The highest BCUT2D eigenvalue weighted by atomic mass is 19.2. The Kier molecular flexibility index (Phi) is 6.99. The van der Waals surface area contributed by atoms with Crippen LogP contribution in [0, 0.1) is 11.6 Å². The fourth-order valence-electron chi connectivity index (χ4n) is 1.76. The van der Waals surface area contributed by atoms with Crippen molar-refractivity contribution in [2.24, 2.45) is 0 Å². The number of fused-ring (bicyclic) bond motifs is 1. The Bertz CT molecular complexity index is 741. The van der Waals surface area contributed by atoms with Gasteiger partial charge in [-0.25, -0.2) is 18.4 Å². The second kappa shape index (κ2) is 8.73. The van der Waals surface area contributed by atoms with Crippen LogP contribution >= 0.6 is 0 Å². The number of hydrogen-bond donors (Lipinski definition) is 3. The summed E-state index contributed by atoms with van der Waals surface area (Å²) in [5, 5.41) is 22.6. The SMILES string of the molecule is CN(C)CCc1n[nH]c2ccc(F)c(F)c12.O=C(O)/C=C/C(=O)O. The number of rotatable bonds is 5. The molecule has 2 aromatic rings. The minimum atomic E-state index is -1.26. The van der Waals surface area contributed by atoms with E-state index in [0.717, 1.165) is 12.6 Å². The number of carboxylic acid groups (broad SMARTS) is 2. The molecule has 0 fully saturated rings. The van der Waals surface area contributed by atoms with Crippen LogP contribution in [0.3, 0.4) is 0 Å². The Balaban J connectivity index is 0.000000307. The van der Waals surface area contributed by atoms with Gasteiger partial charge in [-0.1, -0.05) is 0 Å². The molecule has 1 aromatic carbocycles. The Hall–Kier alpha value is -2.81. The van der Waals surface area contributed by atoms with E-state index >= 15 is 0 Å². The van der Waals surface area contributed by atoms with Gasteiger partial charge in [0.15, 0.2) is 11.6 Å². The zero-order valence-corrected chi connectivity index (χ0v) is 13.1. The normalized spacial score (nSPS) is 10.9. The van der Waals surface area contributed by atoms with Crippen molar-refractivity contribution in [1.82, 2.24) is 15.1 Å². The van der Waals surface area contributed by atoms with E-state index in [1.807, 2.05) is 19.0 Å². The number of benzene rings is 1. The summed E-state index contributed by atoms with van der Waals surface area (Å²) in [7, 11) is 3.84. The first-order valence-electron chi connectivity index (χ1n) is 6.82. The third kappa shape index (κ3) is 5.76. The van der Waals surface area contributed by atoms with Gasteiger partial charge < -0.3 is 15.1 Å². The van der Waals surface area contributed by atoms with E-state index in [1.54, 1.807) is 0 Å². The fourth-order valence-corrected chi connectivity index (χ4v) is 1.76. The van der Waals surface area contributed by atoms with Gasteiger partial charge in [-0.15, -0.1) is 0 Å².